The highest BCUT2D eigenvalue weighted by Crippen LogP contribution is 2.26. The van der Waals surface area contributed by atoms with E-state index in [9.17, 15) is 13.2 Å². The number of benzene rings is 1. The number of amides is 1. The molecule has 0 saturated carbocycles. The van der Waals surface area contributed by atoms with Crippen molar-refractivity contribution >= 4 is 33.3 Å². The molecule has 4 heterocycles. The van der Waals surface area contributed by atoms with Crippen molar-refractivity contribution < 1.29 is 17.7 Å². The van der Waals surface area contributed by atoms with Crippen molar-refractivity contribution in [3.8, 4) is 5.82 Å². The molecule has 0 radical (unpaired) electrons. The van der Waals surface area contributed by atoms with Crippen LogP contribution in [-0.4, -0.2) is 52.3 Å². The SMILES string of the molecule is Cc1cc(C)n(-c2cc(N3CCCC(C(=O)Nc4ccc(S(=O)(=O)Nc5onc(C)c5C)cc4)C3)ncn2)n1. The minimum Gasteiger partial charge on any atom is -0.356 e. The fourth-order valence-corrected chi connectivity index (χ4v) is 5.59. The highest BCUT2D eigenvalue weighted by atomic mass is 32.2. The zero-order valence-electron chi connectivity index (χ0n) is 22.2. The van der Waals surface area contributed by atoms with Gasteiger partial charge in [-0.25, -0.2) is 27.8 Å². The molecule has 1 aliphatic rings. The molecule has 0 bridgehead atoms. The fourth-order valence-electron chi connectivity index (χ4n) is 4.54. The zero-order chi connectivity index (χ0) is 27.7. The number of aryl methyl sites for hydroxylation is 3. The predicted octanol–water partition coefficient (Wildman–Crippen LogP) is 3.54. The summed E-state index contributed by atoms with van der Waals surface area (Å²) in [5.74, 6) is 1.11. The van der Waals surface area contributed by atoms with Gasteiger partial charge >= 0.3 is 0 Å². The molecule has 1 saturated heterocycles. The Morgan fingerprint density at radius 2 is 1.79 bits per heavy atom. The summed E-state index contributed by atoms with van der Waals surface area (Å²) in [5, 5.41) is 11.2. The molecular weight excluding hydrogens is 520 g/mol. The van der Waals surface area contributed by atoms with Gasteiger partial charge in [0.1, 0.15) is 12.1 Å². The number of hydrogen-bond acceptors (Lipinski definition) is 9. The number of hydrogen-bond donors (Lipinski definition) is 2. The Morgan fingerprint density at radius 1 is 1.05 bits per heavy atom. The van der Waals surface area contributed by atoms with Gasteiger partial charge in [-0.1, -0.05) is 5.16 Å². The molecule has 12 nitrogen and oxygen atoms in total. The number of anilines is 3. The molecule has 1 fully saturated rings. The number of sulfonamides is 1. The molecule has 204 valence electrons. The second-order valence-electron chi connectivity index (χ2n) is 9.70. The first-order chi connectivity index (χ1) is 18.6. The third-order valence-electron chi connectivity index (χ3n) is 6.80. The van der Waals surface area contributed by atoms with Gasteiger partial charge < -0.3 is 14.7 Å². The quantitative estimate of drug-likeness (QED) is 0.352. The molecule has 0 aliphatic carbocycles. The standard InChI is InChI=1S/C26H30N8O4S/c1-16-12-17(2)34(30-16)24-13-23(27-15-28-24)33-11-5-6-20(14-33)25(35)29-21-7-9-22(10-8-21)39(36,37)32-26-18(3)19(4)31-38-26/h7-10,12-13,15,20,32H,5-6,11,14H2,1-4H3,(H,29,35). The number of carbonyl (C=O) groups is 1. The number of aromatic nitrogens is 5. The Kier molecular flexibility index (Phi) is 7.08. The Bertz CT molecular complexity index is 1610. The van der Waals surface area contributed by atoms with Gasteiger partial charge in [-0.15, -0.1) is 0 Å². The summed E-state index contributed by atoms with van der Waals surface area (Å²) in [7, 11) is -3.87. The molecule has 1 amide bonds. The van der Waals surface area contributed by atoms with Crippen LogP contribution in [-0.2, 0) is 14.8 Å². The van der Waals surface area contributed by atoms with Crippen LogP contribution in [0.15, 0.2) is 52.1 Å². The number of nitrogens with one attached hydrogen (secondary N) is 2. The van der Waals surface area contributed by atoms with Crippen molar-refractivity contribution in [3.05, 3.63) is 65.4 Å². The van der Waals surface area contributed by atoms with Crippen LogP contribution in [0.25, 0.3) is 5.82 Å². The maximum absolute atomic E-state index is 13.1. The van der Waals surface area contributed by atoms with Crippen molar-refractivity contribution in [2.24, 2.45) is 5.92 Å². The summed E-state index contributed by atoms with van der Waals surface area (Å²) >= 11 is 0. The average Bonchev–Trinajstić information content (AvgIpc) is 3.43. The van der Waals surface area contributed by atoms with Crippen molar-refractivity contribution in [2.45, 2.75) is 45.4 Å². The molecule has 0 spiro atoms. The van der Waals surface area contributed by atoms with Gasteiger partial charge in [0.25, 0.3) is 10.0 Å². The lowest BCUT2D eigenvalue weighted by molar-refractivity contribution is -0.120. The molecule has 4 aromatic rings. The summed E-state index contributed by atoms with van der Waals surface area (Å²) in [4.78, 5) is 24.0. The van der Waals surface area contributed by atoms with Crippen LogP contribution in [0.2, 0.25) is 0 Å². The largest absolute Gasteiger partial charge is 0.356 e. The Hall–Kier alpha value is -4.26. The minimum absolute atomic E-state index is 0.0416. The molecule has 13 heteroatoms. The maximum atomic E-state index is 13.1. The van der Waals surface area contributed by atoms with Crippen LogP contribution in [0.1, 0.15) is 35.5 Å². The summed E-state index contributed by atoms with van der Waals surface area (Å²) in [6.07, 6.45) is 3.09. The Morgan fingerprint density at radius 3 is 2.46 bits per heavy atom. The van der Waals surface area contributed by atoms with Crippen LogP contribution < -0.4 is 14.9 Å². The average molecular weight is 551 g/mol. The smallest absolute Gasteiger partial charge is 0.264 e. The summed E-state index contributed by atoms with van der Waals surface area (Å²) in [6, 6.07) is 9.87. The van der Waals surface area contributed by atoms with E-state index in [1.165, 1.54) is 18.5 Å². The molecule has 5 rings (SSSR count). The first-order valence-corrected chi connectivity index (χ1v) is 14.1. The van der Waals surface area contributed by atoms with Crippen molar-refractivity contribution in [1.29, 1.82) is 0 Å². The number of carbonyl (C=O) groups excluding carboxylic acids is 1. The third kappa shape index (κ3) is 5.62. The molecular formula is C26H30N8O4S. The second kappa shape index (κ2) is 10.5. The number of rotatable bonds is 7. The van der Waals surface area contributed by atoms with Gasteiger partial charge in [0.2, 0.25) is 11.8 Å². The lowest BCUT2D eigenvalue weighted by Gasteiger charge is -2.33. The molecule has 1 atom stereocenters. The first-order valence-electron chi connectivity index (χ1n) is 12.6. The normalized spacial score (nSPS) is 15.8. The van der Waals surface area contributed by atoms with E-state index in [-0.39, 0.29) is 22.6 Å². The highest BCUT2D eigenvalue weighted by Gasteiger charge is 2.27. The summed E-state index contributed by atoms with van der Waals surface area (Å²) in [6.45, 7) is 8.64. The van der Waals surface area contributed by atoms with Crippen molar-refractivity contribution in [1.82, 2.24) is 24.9 Å². The van der Waals surface area contributed by atoms with E-state index in [0.29, 0.717) is 29.3 Å². The third-order valence-corrected chi connectivity index (χ3v) is 8.14. The van der Waals surface area contributed by atoms with Gasteiger partial charge in [-0.3, -0.25) is 4.79 Å². The van der Waals surface area contributed by atoms with Gasteiger partial charge in [0.05, 0.1) is 22.2 Å². The number of nitrogens with zero attached hydrogens (tertiary/aromatic N) is 6. The monoisotopic (exact) mass is 550 g/mol. The van der Waals surface area contributed by atoms with Gasteiger partial charge in [0.15, 0.2) is 5.82 Å². The van der Waals surface area contributed by atoms with Crippen LogP contribution in [0.5, 0.6) is 0 Å². The Labute approximate surface area is 226 Å². The van der Waals surface area contributed by atoms with E-state index in [4.69, 9.17) is 4.52 Å². The molecule has 3 aromatic heterocycles. The summed E-state index contributed by atoms with van der Waals surface area (Å²) < 4.78 is 34.7. The van der Waals surface area contributed by atoms with E-state index in [2.05, 4.69) is 35.2 Å². The molecule has 1 aromatic carbocycles. The van der Waals surface area contributed by atoms with E-state index in [1.54, 1.807) is 30.7 Å². The minimum atomic E-state index is -3.87. The molecule has 1 unspecified atom stereocenters. The van der Waals surface area contributed by atoms with Crippen LogP contribution in [0.3, 0.4) is 0 Å². The lowest BCUT2D eigenvalue weighted by atomic mass is 9.97. The van der Waals surface area contributed by atoms with E-state index >= 15 is 0 Å². The topological polar surface area (TPSA) is 148 Å². The fraction of sp³-hybridized carbons (Fsp3) is 0.346. The van der Waals surface area contributed by atoms with Crippen LogP contribution in [0, 0.1) is 33.6 Å². The van der Waals surface area contributed by atoms with Crippen LogP contribution >= 0.6 is 0 Å². The molecule has 2 N–H and O–H groups in total. The maximum Gasteiger partial charge on any atom is 0.264 e. The predicted molar refractivity (Wildman–Crippen MR) is 145 cm³/mol. The van der Waals surface area contributed by atoms with Crippen molar-refractivity contribution in [3.63, 3.8) is 0 Å². The second-order valence-corrected chi connectivity index (χ2v) is 11.4. The van der Waals surface area contributed by atoms with Crippen molar-refractivity contribution in [2.75, 3.05) is 28.0 Å². The molecule has 39 heavy (non-hydrogen) atoms. The van der Waals surface area contributed by atoms with Gasteiger partial charge in [-0.2, -0.15) is 5.10 Å². The zero-order valence-corrected chi connectivity index (χ0v) is 23.0. The van der Waals surface area contributed by atoms with Crippen LogP contribution in [0.4, 0.5) is 17.4 Å². The summed E-state index contributed by atoms with van der Waals surface area (Å²) in [5.41, 5.74) is 3.62. The highest BCUT2D eigenvalue weighted by molar-refractivity contribution is 7.92. The number of piperidine rings is 1. The van der Waals surface area contributed by atoms with E-state index in [0.717, 1.165) is 36.6 Å². The van der Waals surface area contributed by atoms with Gasteiger partial charge in [0, 0.05) is 36.1 Å². The van der Waals surface area contributed by atoms with E-state index < -0.39 is 10.0 Å². The van der Waals surface area contributed by atoms with E-state index in [1.807, 2.05) is 26.0 Å². The van der Waals surface area contributed by atoms with Gasteiger partial charge in [-0.05, 0) is 70.9 Å². The Balaban J connectivity index is 1.24. The first kappa shape index (κ1) is 26.4. The molecule has 1 aliphatic heterocycles. The lowest BCUT2D eigenvalue weighted by Crippen LogP contribution is -2.41.